The zero-order valence-corrected chi connectivity index (χ0v) is 14.7. The second-order valence-electron chi connectivity index (χ2n) is 6.80. The summed E-state index contributed by atoms with van der Waals surface area (Å²) in [5, 5.41) is 14.8. The van der Waals surface area contributed by atoms with Gasteiger partial charge in [-0.05, 0) is 44.4 Å². The van der Waals surface area contributed by atoms with Crippen molar-refractivity contribution in [2.75, 3.05) is 37.6 Å². The lowest BCUT2D eigenvalue weighted by Crippen LogP contribution is -2.42. The van der Waals surface area contributed by atoms with Crippen LogP contribution in [0.1, 0.15) is 43.0 Å². The van der Waals surface area contributed by atoms with Gasteiger partial charge in [0.25, 0.3) is 11.6 Å². The van der Waals surface area contributed by atoms with Crippen molar-refractivity contribution < 1.29 is 9.72 Å². The van der Waals surface area contributed by atoms with Gasteiger partial charge in [0, 0.05) is 43.9 Å². The summed E-state index contributed by atoms with van der Waals surface area (Å²) in [6.45, 7) is 6.09. The fraction of sp³-hybridized carbons (Fsp3) is 0.611. The second-order valence-corrected chi connectivity index (χ2v) is 6.80. The van der Waals surface area contributed by atoms with Gasteiger partial charge >= 0.3 is 0 Å². The van der Waals surface area contributed by atoms with Crippen molar-refractivity contribution in [3.8, 4) is 0 Å². The maximum Gasteiger partial charge on any atom is 0.293 e. The Labute approximate surface area is 148 Å². The van der Waals surface area contributed by atoms with E-state index in [1.54, 1.807) is 12.1 Å². The van der Waals surface area contributed by atoms with E-state index in [1.807, 2.05) is 16.7 Å². The summed E-state index contributed by atoms with van der Waals surface area (Å²) in [6, 6.07) is 5.12. The minimum absolute atomic E-state index is 0.0359. The number of anilines is 1. The number of nitrogens with zero attached hydrogens (tertiary/aromatic N) is 3. The van der Waals surface area contributed by atoms with E-state index in [2.05, 4.69) is 5.32 Å². The fourth-order valence-electron chi connectivity index (χ4n) is 3.79. The minimum Gasteiger partial charge on any atom is -0.366 e. The molecule has 7 nitrogen and oxygen atoms in total. The highest BCUT2D eigenvalue weighted by molar-refractivity contribution is 5.96. The second kappa shape index (κ2) is 7.82. The predicted octanol–water partition coefficient (Wildman–Crippen LogP) is 2.41. The third kappa shape index (κ3) is 3.76. The van der Waals surface area contributed by atoms with Crippen LogP contribution in [0.25, 0.3) is 0 Å². The normalized spacial score (nSPS) is 20.0. The molecule has 2 heterocycles. The minimum atomic E-state index is -0.369. The van der Waals surface area contributed by atoms with Gasteiger partial charge in [0.2, 0.25) is 0 Å². The molecule has 1 aromatic rings. The molecule has 25 heavy (non-hydrogen) atoms. The molecule has 2 fully saturated rings. The summed E-state index contributed by atoms with van der Waals surface area (Å²) < 4.78 is 0. The molecular formula is C18H26N4O3. The third-order valence-electron chi connectivity index (χ3n) is 5.07. The molecule has 1 unspecified atom stereocenters. The first kappa shape index (κ1) is 17.7. The Hall–Kier alpha value is -2.15. The molecule has 7 heteroatoms. The molecule has 1 aromatic carbocycles. The van der Waals surface area contributed by atoms with Crippen LogP contribution >= 0.6 is 0 Å². The number of nitrogens with one attached hydrogen (secondary N) is 1. The van der Waals surface area contributed by atoms with Gasteiger partial charge in [-0.25, -0.2) is 0 Å². The number of benzene rings is 1. The molecule has 0 spiro atoms. The summed E-state index contributed by atoms with van der Waals surface area (Å²) in [7, 11) is 0. The molecule has 136 valence electrons. The van der Waals surface area contributed by atoms with Crippen LogP contribution < -0.4 is 10.2 Å². The predicted molar refractivity (Wildman–Crippen MR) is 97.1 cm³/mol. The molecule has 2 saturated heterocycles. The first-order chi connectivity index (χ1) is 12.1. The average molecular weight is 346 g/mol. The summed E-state index contributed by atoms with van der Waals surface area (Å²) in [4.78, 5) is 28.1. The Balaban J connectivity index is 1.88. The highest BCUT2D eigenvalue weighted by atomic mass is 16.6. The van der Waals surface area contributed by atoms with Crippen molar-refractivity contribution in [3.63, 3.8) is 0 Å². The van der Waals surface area contributed by atoms with Gasteiger partial charge in [-0.15, -0.1) is 0 Å². The Morgan fingerprint density at radius 2 is 2.16 bits per heavy atom. The van der Waals surface area contributed by atoms with Gasteiger partial charge < -0.3 is 15.1 Å². The van der Waals surface area contributed by atoms with E-state index >= 15 is 0 Å². The maximum absolute atomic E-state index is 13.0. The molecule has 0 saturated carbocycles. The van der Waals surface area contributed by atoms with E-state index < -0.39 is 0 Å². The number of hydrogen-bond acceptors (Lipinski definition) is 5. The van der Waals surface area contributed by atoms with Crippen molar-refractivity contribution in [2.45, 2.75) is 38.6 Å². The van der Waals surface area contributed by atoms with Crippen LogP contribution in [0.5, 0.6) is 0 Å². The van der Waals surface area contributed by atoms with Crippen molar-refractivity contribution in [1.82, 2.24) is 10.2 Å². The number of carbonyl (C=O) groups is 1. The van der Waals surface area contributed by atoms with Crippen LogP contribution in [-0.4, -0.2) is 54.5 Å². The molecule has 1 amide bonds. The largest absolute Gasteiger partial charge is 0.366 e. The van der Waals surface area contributed by atoms with E-state index in [0.717, 1.165) is 51.9 Å². The van der Waals surface area contributed by atoms with Crippen molar-refractivity contribution in [2.24, 2.45) is 0 Å². The van der Waals surface area contributed by atoms with Gasteiger partial charge in [0.05, 0.1) is 4.92 Å². The lowest BCUT2D eigenvalue weighted by Gasteiger charge is -2.28. The number of amides is 1. The average Bonchev–Trinajstić information content (AvgIpc) is 3.32. The van der Waals surface area contributed by atoms with Crippen LogP contribution in [0.3, 0.4) is 0 Å². The summed E-state index contributed by atoms with van der Waals surface area (Å²) in [5.41, 5.74) is 1.08. The quantitative estimate of drug-likeness (QED) is 0.632. The molecule has 0 aromatic heterocycles. The van der Waals surface area contributed by atoms with Crippen molar-refractivity contribution in [1.29, 1.82) is 0 Å². The maximum atomic E-state index is 13.0. The topological polar surface area (TPSA) is 78.7 Å². The van der Waals surface area contributed by atoms with Crippen LogP contribution in [0.2, 0.25) is 0 Å². The summed E-state index contributed by atoms with van der Waals surface area (Å²) in [5.74, 6) is -0.105. The third-order valence-corrected chi connectivity index (χ3v) is 5.07. The van der Waals surface area contributed by atoms with Gasteiger partial charge in [0.1, 0.15) is 5.69 Å². The number of carbonyl (C=O) groups excluding carboxylic acids is 1. The highest BCUT2D eigenvalue weighted by Crippen LogP contribution is 2.32. The van der Waals surface area contributed by atoms with Gasteiger partial charge in [0.15, 0.2) is 0 Å². The van der Waals surface area contributed by atoms with E-state index in [4.69, 9.17) is 0 Å². The lowest BCUT2D eigenvalue weighted by atomic mass is 10.1. The molecule has 0 radical (unpaired) electrons. The van der Waals surface area contributed by atoms with Crippen LogP contribution in [0.4, 0.5) is 11.4 Å². The van der Waals surface area contributed by atoms with Crippen LogP contribution in [-0.2, 0) is 0 Å². The van der Waals surface area contributed by atoms with Crippen LogP contribution in [0, 0.1) is 10.1 Å². The van der Waals surface area contributed by atoms with Crippen molar-refractivity contribution in [3.05, 3.63) is 33.9 Å². The monoisotopic (exact) mass is 346 g/mol. The Morgan fingerprint density at radius 3 is 2.76 bits per heavy atom. The zero-order valence-electron chi connectivity index (χ0n) is 14.7. The summed E-state index contributed by atoms with van der Waals surface area (Å²) >= 11 is 0. The Kier molecular flexibility index (Phi) is 5.53. The Bertz CT molecular complexity index is 637. The zero-order chi connectivity index (χ0) is 17.8. The smallest absolute Gasteiger partial charge is 0.293 e. The van der Waals surface area contributed by atoms with E-state index in [9.17, 15) is 14.9 Å². The molecule has 0 bridgehead atoms. The van der Waals surface area contributed by atoms with Crippen LogP contribution in [0.15, 0.2) is 18.2 Å². The van der Waals surface area contributed by atoms with Gasteiger partial charge in [-0.1, -0.05) is 6.92 Å². The molecular weight excluding hydrogens is 320 g/mol. The van der Waals surface area contributed by atoms with Gasteiger partial charge in [-0.2, -0.15) is 0 Å². The lowest BCUT2D eigenvalue weighted by molar-refractivity contribution is -0.384. The standard InChI is InChI=1S/C18H26N4O3/c1-2-9-21(15-7-8-19-13-15)18(23)14-5-6-16(17(12-14)22(24)25)20-10-3-4-11-20/h5-6,12,15,19H,2-4,7-11,13H2,1H3. The summed E-state index contributed by atoms with van der Waals surface area (Å²) in [6.07, 6.45) is 3.91. The highest BCUT2D eigenvalue weighted by Gasteiger charge is 2.29. The Morgan fingerprint density at radius 1 is 1.40 bits per heavy atom. The molecule has 1 N–H and O–H groups in total. The fourth-order valence-corrected chi connectivity index (χ4v) is 3.79. The molecule has 0 aliphatic carbocycles. The van der Waals surface area contributed by atoms with E-state index in [-0.39, 0.29) is 22.6 Å². The molecule has 1 atom stereocenters. The van der Waals surface area contributed by atoms with Crippen molar-refractivity contribution >= 4 is 17.3 Å². The molecule has 3 rings (SSSR count). The number of hydrogen-bond donors (Lipinski definition) is 1. The number of nitro groups is 1. The first-order valence-corrected chi connectivity index (χ1v) is 9.17. The number of rotatable bonds is 6. The van der Waals surface area contributed by atoms with Gasteiger partial charge in [-0.3, -0.25) is 14.9 Å². The van der Waals surface area contributed by atoms with E-state index in [0.29, 0.717) is 17.8 Å². The molecule has 2 aliphatic rings. The SMILES string of the molecule is CCCN(C(=O)c1ccc(N2CCCC2)c([N+](=O)[O-])c1)C1CCNC1. The number of nitro benzene ring substituents is 1. The first-order valence-electron chi connectivity index (χ1n) is 9.17. The molecule has 2 aliphatic heterocycles. The van der Waals surface area contributed by atoms with E-state index in [1.165, 1.54) is 6.07 Å².